The monoisotopic (exact) mass is 425 g/mol. The largest absolute Gasteiger partial charge is 0.384 e. The van der Waals surface area contributed by atoms with Gasteiger partial charge in [0.1, 0.15) is 11.9 Å². The second kappa shape index (κ2) is 13.4. The van der Waals surface area contributed by atoms with Gasteiger partial charge in [-0.1, -0.05) is 48.9 Å². The topological polar surface area (TPSA) is 91.6 Å². The van der Waals surface area contributed by atoms with Crippen LogP contribution in [0.1, 0.15) is 36.9 Å². The molecule has 0 bridgehead atoms. The summed E-state index contributed by atoms with van der Waals surface area (Å²) in [5, 5.41) is 2.81. The van der Waals surface area contributed by atoms with E-state index in [-0.39, 0.29) is 11.9 Å². The van der Waals surface area contributed by atoms with Gasteiger partial charge in [-0.15, -0.1) is 0 Å². The molecule has 7 nitrogen and oxygen atoms in total. The Morgan fingerprint density at radius 2 is 1.71 bits per heavy atom. The van der Waals surface area contributed by atoms with Crippen molar-refractivity contribution in [2.45, 2.75) is 45.2 Å². The molecule has 3 N–H and O–H groups in total. The van der Waals surface area contributed by atoms with E-state index in [1.807, 2.05) is 49.4 Å². The molecule has 0 aliphatic carbocycles. The molecule has 2 fully saturated rings. The number of hydrogen-bond donors (Lipinski definition) is 2. The number of nitrogens with zero attached hydrogens (tertiary/aromatic N) is 3. The number of anilines is 1. The molecule has 0 spiro atoms. The summed E-state index contributed by atoms with van der Waals surface area (Å²) >= 11 is 0. The minimum Gasteiger partial charge on any atom is -0.384 e. The zero-order valence-corrected chi connectivity index (χ0v) is 18.7. The highest BCUT2D eigenvalue weighted by Gasteiger charge is 2.32. The van der Waals surface area contributed by atoms with Crippen LogP contribution in [0.15, 0.2) is 48.5 Å². The Kier molecular flexibility index (Phi) is 10.5. The molecule has 2 amide bonds. The van der Waals surface area contributed by atoms with Crippen molar-refractivity contribution in [3.05, 3.63) is 59.8 Å². The molecule has 3 heterocycles. The Morgan fingerprint density at radius 1 is 1.10 bits per heavy atom. The number of carbonyl (C=O) groups excluding carboxylic acids is 2. The van der Waals surface area contributed by atoms with Gasteiger partial charge in [0, 0.05) is 18.8 Å². The fourth-order valence-electron chi connectivity index (χ4n) is 3.35. The van der Waals surface area contributed by atoms with Crippen molar-refractivity contribution >= 4 is 18.1 Å². The summed E-state index contributed by atoms with van der Waals surface area (Å²) in [6, 6.07) is 15.2. The lowest BCUT2D eigenvalue weighted by Gasteiger charge is -2.36. The van der Waals surface area contributed by atoms with E-state index < -0.39 is 0 Å². The number of likely N-dealkylation sites (tertiary alicyclic amines) is 2. The molecule has 0 saturated carbocycles. The number of aromatic nitrogens is 1. The van der Waals surface area contributed by atoms with Gasteiger partial charge >= 0.3 is 0 Å². The van der Waals surface area contributed by atoms with Crippen LogP contribution >= 0.6 is 0 Å². The third-order valence-electron chi connectivity index (χ3n) is 5.42. The number of rotatable bonds is 4. The maximum atomic E-state index is 11.8. The summed E-state index contributed by atoms with van der Waals surface area (Å²) < 4.78 is 0. The average Bonchev–Trinajstić information content (AvgIpc) is 2.75. The maximum Gasteiger partial charge on any atom is 0.243 e. The molecule has 1 atom stereocenters. The van der Waals surface area contributed by atoms with E-state index in [0.29, 0.717) is 25.3 Å². The number of carbonyl (C=O) groups is 2. The predicted molar refractivity (Wildman–Crippen MR) is 124 cm³/mol. The van der Waals surface area contributed by atoms with Crippen LogP contribution in [-0.4, -0.2) is 59.8 Å². The SMILES string of the molecule is CN1CCCCC1.Cc1nc(N)ccc1CNC(=O)C1CCN1C=O.c1ccccc1. The smallest absolute Gasteiger partial charge is 0.243 e. The molecule has 1 aromatic carbocycles. The molecular formula is C24H35N5O2. The van der Waals surface area contributed by atoms with Gasteiger partial charge in [-0.25, -0.2) is 4.98 Å². The number of nitrogens with two attached hydrogens (primary N) is 1. The summed E-state index contributed by atoms with van der Waals surface area (Å²) in [5.41, 5.74) is 7.28. The zero-order valence-electron chi connectivity index (χ0n) is 18.7. The average molecular weight is 426 g/mol. The van der Waals surface area contributed by atoms with E-state index in [1.54, 1.807) is 6.07 Å². The Bertz CT molecular complexity index is 767. The first kappa shape index (κ1) is 24.3. The van der Waals surface area contributed by atoms with E-state index in [2.05, 4.69) is 22.2 Å². The lowest BCUT2D eigenvalue weighted by Crippen LogP contribution is -2.55. The molecule has 7 heteroatoms. The molecule has 0 radical (unpaired) electrons. The van der Waals surface area contributed by atoms with Crippen LogP contribution in [0.25, 0.3) is 0 Å². The minimum absolute atomic E-state index is 0.121. The molecule has 1 unspecified atom stereocenters. The van der Waals surface area contributed by atoms with Gasteiger partial charge in [-0.2, -0.15) is 0 Å². The normalized spacial score (nSPS) is 17.7. The third-order valence-corrected chi connectivity index (χ3v) is 5.42. The van der Waals surface area contributed by atoms with Gasteiger partial charge in [-0.3, -0.25) is 9.59 Å². The minimum atomic E-state index is -0.315. The van der Waals surface area contributed by atoms with Crippen LogP contribution in [0.4, 0.5) is 5.82 Å². The summed E-state index contributed by atoms with van der Waals surface area (Å²) in [6.45, 7) is 5.55. The van der Waals surface area contributed by atoms with Crippen LogP contribution in [0.3, 0.4) is 0 Å². The number of nitrogens with one attached hydrogen (secondary N) is 1. The maximum absolute atomic E-state index is 11.8. The molecule has 31 heavy (non-hydrogen) atoms. The van der Waals surface area contributed by atoms with Crippen LogP contribution in [0.2, 0.25) is 0 Å². The molecule has 168 valence electrons. The first-order valence-electron chi connectivity index (χ1n) is 10.9. The Labute approximate surface area is 185 Å². The highest BCUT2D eigenvalue weighted by Crippen LogP contribution is 2.15. The van der Waals surface area contributed by atoms with Crippen molar-refractivity contribution in [3.63, 3.8) is 0 Å². The third kappa shape index (κ3) is 8.76. The molecule has 2 aliphatic heterocycles. The summed E-state index contributed by atoms with van der Waals surface area (Å²) in [4.78, 5) is 30.4. The van der Waals surface area contributed by atoms with Crippen LogP contribution in [0, 0.1) is 6.92 Å². The van der Waals surface area contributed by atoms with Crippen LogP contribution in [0.5, 0.6) is 0 Å². The number of piperidine rings is 1. The number of benzene rings is 1. The van der Waals surface area contributed by atoms with E-state index in [1.165, 1.54) is 37.3 Å². The second-order valence-corrected chi connectivity index (χ2v) is 7.86. The van der Waals surface area contributed by atoms with Crippen molar-refractivity contribution in [2.75, 3.05) is 32.4 Å². The van der Waals surface area contributed by atoms with Gasteiger partial charge in [0.05, 0.1) is 0 Å². The fraction of sp³-hybridized carbons (Fsp3) is 0.458. The first-order valence-corrected chi connectivity index (χ1v) is 10.9. The highest BCUT2D eigenvalue weighted by molar-refractivity contribution is 5.84. The van der Waals surface area contributed by atoms with Crippen LogP contribution in [-0.2, 0) is 16.1 Å². The number of pyridine rings is 1. The first-order chi connectivity index (χ1) is 15.0. The number of amides is 2. The molecule has 2 aromatic rings. The molecule has 4 rings (SSSR count). The van der Waals surface area contributed by atoms with Crippen molar-refractivity contribution in [3.8, 4) is 0 Å². The highest BCUT2D eigenvalue weighted by atomic mass is 16.2. The van der Waals surface area contributed by atoms with E-state index in [0.717, 1.165) is 17.7 Å². The number of aryl methyl sites for hydroxylation is 1. The van der Waals surface area contributed by atoms with Gasteiger partial charge < -0.3 is 20.9 Å². The van der Waals surface area contributed by atoms with Crippen molar-refractivity contribution < 1.29 is 9.59 Å². The van der Waals surface area contributed by atoms with Crippen LogP contribution < -0.4 is 11.1 Å². The van der Waals surface area contributed by atoms with E-state index >= 15 is 0 Å². The second-order valence-electron chi connectivity index (χ2n) is 7.86. The molecule has 2 saturated heterocycles. The van der Waals surface area contributed by atoms with Gasteiger partial charge in [0.15, 0.2) is 0 Å². The molecule has 2 aliphatic rings. The van der Waals surface area contributed by atoms with Gasteiger partial charge in [0.25, 0.3) is 0 Å². The van der Waals surface area contributed by atoms with Gasteiger partial charge in [-0.05, 0) is 58.0 Å². The van der Waals surface area contributed by atoms with E-state index in [4.69, 9.17) is 5.73 Å². The standard InChI is InChI=1S/C12H16N4O2.C6H13N.C6H6/c1-8-9(2-3-11(13)15-8)6-14-12(18)10-4-5-16(10)7-17;1-7-5-3-2-4-6-7;1-2-4-6-5-3-1/h2-3,7,10H,4-6H2,1H3,(H2,13,15)(H,14,18);2-6H2,1H3;1-6H. The lowest BCUT2D eigenvalue weighted by atomic mass is 10.0. The van der Waals surface area contributed by atoms with Crippen molar-refractivity contribution in [1.82, 2.24) is 20.1 Å². The fourth-order valence-corrected chi connectivity index (χ4v) is 3.35. The Balaban J connectivity index is 0.000000213. The predicted octanol–water partition coefficient (Wildman–Crippen LogP) is 2.61. The Hall–Kier alpha value is -2.93. The van der Waals surface area contributed by atoms with E-state index in [9.17, 15) is 9.59 Å². The summed E-state index contributed by atoms with van der Waals surface area (Å²) in [7, 11) is 2.19. The summed E-state index contributed by atoms with van der Waals surface area (Å²) in [6.07, 6.45) is 5.71. The number of hydrogen-bond acceptors (Lipinski definition) is 5. The zero-order chi connectivity index (χ0) is 22.5. The van der Waals surface area contributed by atoms with Gasteiger partial charge in [0.2, 0.25) is 12.3 Å². The molecule has 1 aromatic heterocycles. The summed E-state index contributed by atoms with van der Waals surface area (Å²) in [5.74, 6) is 0.346. The lowest BCUT2D eigenvalue weighted by molar-refractivity contribution is -0.139. The molecular weight excluding hydrogens is 390 g/mol. The van der Waals surface area contributed by atoms with Crippen molar-refractivity contribution in [1.29, 1.82) is 0 Å². The van der Waals surface area contributed by atoms with Crippen molar-refractivity contribution in [2.24, 2.45) is 0 Å². The Morgan fingerprint density at radius 3 is 2.13 bits per heavy atom. The number of nitrogen functional groups attached to an aromatic ring is 1. The quantitative estimate of drug-likeness (QED) is 0.735.